The van der Waals surface area contributed by atoms with Gasteiger partial charge in [-0.05, 0) is 26.7 Å². The summed E-state index contributed by atoms with van der Waals surface area (Å²) in [5, 5.41) is 11.9. The molecule has 7 heteroatoms. The average molecular weight is 332 g/mol. The van der Waals surface area contributed by atoms with Crippen molar-refractivity contribution in [3.63, 3.8) is 0 Å². The first-order valence-electron chi connectivity index (χ1n) is 8.69. The van der Waals surface area contributed by atoms with Crippen LogP contribution in [0.4, 0.5) is 0 Å². The van der Waals surface area contributed by atoms with Crippen LogP contribution in [0.5, 0.6) is 0 Å². The molecule has 0 saturated heterocycles. The third-order valence-electron chi connectivity index (χ3n) is 4.70. The fourth-order valence-electron chi connectivity index (χ4n) is 3.43. The predicted octanol–water partition coefficient (Wildman–Crippen LogP) is 2.23. The predicted molar refractivity (Wildman–Crippen MR) is 89.8 cm³/mol. The number of hydrogen-bond acceptors (Lipinski definition) is 5. The highest BCUT2D eigenvalue weighted by Crippen LogP contribution is 2.18. The first kappa shape index (κ1) is 16.7. The van der Waals surface area contributed by atoms with Crippen LogP contribution in [0.2, 0.25) is 0 Å². The lowest BCUT2D eigenvalue weighted by Gasteiger charge is -2.16. The number of carbonyl (C=O) groups excluding carboxylic acids is 1. The number of amides is 1. The number of fused-ring (bicyclic) bond motifs is 1. The molecule has 24 heavy (non-hydrogen) atoms. The Balaban J connectivity index is 1.66. The molecule has 0 bridgehead atoms. The number of aromatic nitrogens is 3. The number of carbonyl (C=O) groups is 1. The van der Waals surface area contributed by atoms with E-state index < -0.39 is 0 Å². The standard InChI is InChI=1S/C17H24N4O3/c1-11-15-12(2)24-20-16(15)17(23)21(19-11)10-9-14(22)18-13-7-5-3-4-6-8-13/h13H,3-10H2,1-2H3,(H,18,22). The molecule has 0 aromatic carbocycles. The maximum Gasteiger partial charge on any atom is 0.296 e. The summed E-state index contributed by atoms with van der Waals surface area (Å²) < 4.78 is 6.40. The van der Waals surface area contributed by atoms with Gasteiger partial charge in [-0.25, -0.2) is 4.68 Å². The van der Waals surface area contributed by atoms with E-state index in [1.54, 1.807) is 6.92 Å². The molecule has 1 saturated carbocycles. The van der Waals surface area contributed by atoms with E-state index in [0.717, 1.165) is 12.8 Å². The number of aryl methyl sites for hydroxylation is 3. The zero-order chi connectivity index (χ0) is 17.1. The van der Waals surface area contributed by atoms with E-state index >= 15 is 0 Å². The van der Waals surface area contributed by atoms with Gasteiger partial charge in [0.1, 0.15) is 5.76 Å². The van der Waals surface area contributed by atoms with Crippen molar-refractivity contribution in [1.82, 2.24) is 20.3 Å². The van der Waals surface area contributed by atoms with Gasteiger partial charge in [-0.3, -0.25) is 9.59 Å². The Bertz CT molecular complexity index is 785. The Morgan fingerprint density at radius 1 is 1.25 bits per heavy atom. The molecule has 1 fully saturated rings. The number of rotatable bonds is 4. The molecule has 7 nitrogen and oxygen atoms in total. The average Bonchev–Trinajstić information content (AvgIpc) is 2.77. The molecule has 0 unspecified atom stereocenters. The minimum Gasteiger partial charge on any atom is -0.360 e. The molecule has 130 valence electrons. The fraction of sp³-hybridized carbons (Fsp3) is 0.647. The van der Waals surface area contributed by atoms with E-state index in [0.29, 0.717) is 16.8 Å². The monoisotopic (exact) mass is 332 g/mol. The van der Waals surface area contributed by atoms with Crippen LogP contribution < -0.4 is 10.9 Å². The highest BCUT2D eigenvalue weighted by molar-refractivity contribution is 5.81. The highest BCUT2D eigenvalue weighted by Gasteiger charge is 2.17. The van der Waals surface area contributed by atoms with Gasteiger partial charge in [-0.15, -0.1) is 0 Å². The maximum absolute atomic E-state index is 12.4. The van der Waals surface area contributed by atoms with Crippen molar-refractivity contribution in [2.24, 2.45) is 0 Å². The molecular formula is C17H24N4O3. The quantitative estimate of drug-likeness (QED) is 0.867. The van der Waals surface area contributed by atoms with Crippen molar-refractivity contribution < 1.29 is 9.32 Å². The summed E-state index contributed by atoms with van der Waals surface area (Å²) in [6.07, 6.45) is 7.19. The molecule has 1 aliphatic rings. The van der Waals surface area contributed by atoms with E-state index in [-0.39, 0.29) is 36.0 Å². The van der Waals surface area contributed by atoms with Crippen molar-refractivity contribution in [3.8, 4) is 0 Å². The zero-order valence-electron chi connectivity index (χ0n) is 14.3. The minimum atomic E-state index is -0.310. The summed E-state index contributed by atoms with van der Waals surface area (Å²) >= 11 is 0. The van der Waals surface area contributed by atoms with E-state index in [2.05, 4.69) is 15.6 Å². The Kier molecular flexibility index (Phi) is 4.97. The van der Waals surface area contributed by atoms with E-state index in [1.165, 1.54) is 30.4 Å². The second-order valence-electron chi connectivity index (χ2n) is 6.58. The smallest absolute Gasteiger partial charge is 0.296 e. The van der Waals surface area contributed by atoms with Crippen LogP contribution in [0.3, 0.4) is 0 Å². The van der Waals surface area contributed by atoms with Gasteiger partial charge in [0.25, 0.3) is 5.56 Å². The molecule has 1 aliphatic carbocycles. The van der Waals surface area contributed by atoms with Crippen LogP contribution in [0, 0.1) is 13.8 Å². The third-order valence-corrected chi connectivity index (χ3v) is 4.70. The molecular weight excluding hydrogens is 308 g/mol. The van der Waals surface area contributed by atoms with Gasteiger partial charge in [0.05, 0.1) is 17.6 Å². The molecule has 3 rings (SSSR count). The van der Waals surface area contributed by atoms with Gasteiger partial charge < -0.3 is 9.84 Å². The van der Waals surface area contributed by atoms with Gasteiger partial charge in [0.2, 0.25) is 5.91 Å². The highest BCUT2D eigenvalue weighted by atomic mass is 16.5. The lowest BCUT2D eigenvalue weighted by molar-refractivity contribution is -0.122. The summed E-state index contributed by atoms with van der Waals surface area (Å²) in [4.78, 5) is 24.6. The summed E-state index contributed by atoms with van der Waals surface area (Å²) in [6, 6.07) is 0.270. The number of nitrogens with one attached hydrogen (secondary N) is 1. The first-order valence-corrected chi connectivity index (χ1v) is 8.69. The number of hydrogen-bond donors (Lipinski definition) is 1. The largest absolute Gasteiger partial charge is 0.360 e. The Morgan fingerprint density at radius 3 is 2.67 bits per heavy atom. The third kappa shape index (κ3) is 3.49. The maximum atomic E-state index is 12.4. The summed E-state index contributed by atoms with van der Waals surface area (Å²) in [6.45, 7) is 3.82. The van der Waals surface area contributed by atoms with Gasteiger partial charge in [-0.2, -0.15) is 5.10 Å². The van der Waals surface area contributed by atoms with Crippen LogP contribution >= 0.6 is 0 Å². The number of nitrogens with zero attached hydrogens (tertiary/aromatic N) is 3. The van der Waals surface area contributed by atoms with Crippen LogP contribution in [-0.4, -0.2) is 26.9 Å². The molecule has 0 spiro atoms. The molecule has 2 aromatic rings. The zero-order valence-corrected chi connectivity index (χ0v) is 14.3. The van der Waals surface area contributed by atoms with Crippen LogP contribution in [0.25, 0.3) is 10.9 Å². The molecule has 0 atom stereocenters. The molecule has 0 aliphatic heterocycles. The van der Waals surface area contributed by atoms with E-state index in [1.807, 2.05) is 6.92 Å². The lowest BCUT2D eigenvalue weighted by Crippen LogP contribution is -2.36. The van der Waals surface area contributed by atoms with Gasteiger partial charge >= 0.3 is 0 Å². The molecule has 0 radical (unpaired) electrons. The van der Waals surface area contributed by atoms with Gasteiger partial charge in [0.15, 0.2) is 5.52 Å². The fourth-order valence-corrected chi connectivity index (χ4v) is 3.43. The normalized spacial score (nSPS) is 16.2. The van der Waals surface area contributed by atoms with Gasteiger partial charge in [0, 0.05) is 12.5 Å². The summed E-state index contributed by atoms with van der Waals surface area (Å²) in [5.41, 5.74) is 0.659. The lowest BCUT2D eigenvalue weighted by atomic mass is 10.1. The second kappa shape index (κ2) is 7.15. The van der Waals surface area contributed by atoms with Crippen molar-refractivity contribution in [2.75, 3.05) is 0 Å². The molecule has 1 amide bonds. The van der Waals surface area contributed by atoms with Crippen LogP contribution in [0.1, 0.15) is 56.4 Å². The second-order valence-corrected chi connectivity index (χ2v) is 6.58. The SMILES string of the molecule is Cc1nn(CCC(=O)NC2CCCCCC2)c(=O)c2noc(C)c12. The summed E-state index contributed by atoms with van der Waals surface area (Å²) in [7, 11) is 0. The van der Waals surface area contributed by atoms with Crippen molar-refractivity contribution in [1.29, 1.82) is 0 Å². The Morgan fingerprint density at radius 2 is 1.96 bits per heavy atom. The Labute approximate surface area is 140 Å². The molecule has 2 heterocycles. The minimum absolute atomic E-state index is 0.0234. The first-order chi connectivity index (χ1) is 11.6. The van der Waals surface area contributed by atoms with Crippen molar-refractivity contribution in [3.05, 3.63) is 21.8 Å². The summed E-state index contributed by atoms with van der Waals surface area (Å²) in [5.74, 6) is 0.565. The van der Waals surface area contributed by atoms with Gasteiger partial charge in [-0.1, -0.05) is 30.8 Å². The topological polar surface area (TPSA) is 90.0 Å². The van der Waals surface area contributed by atoms with E-state index in [9.17, 15) is 9.59 Å². The molecule has 1 N–H and O–H groups in total. The van der Waals surface area contributed by atoms with Crippen LogP contribution in [-0.2, 0) is 11.3 Å². The van der Waals surface area contributed by atoms with Crippen LogP contribution in [0.15, 0.2) is 9.32 Å². The van der Waals surface area contributed by atoms with Crippen molar-refractivity contribution in [2.45, 2.75) is 71.4 Å². The van der Waals surface area contributed by atoms with E-state index in [4.69, 9.17) is 4.52 Å². The molecule has 2 aromatic heterocycles. The van der Waals surface area contributed by atoms with Crippen molar-refractivity contribution >= 4 is 16.8 Å². The Hall–Kier alpha value is -2.18.